The zero-order valence-electron chi connectivity index (χ0n) is 12.9. The summed E-state index contributed by atoms with van der Waals surface area (Å²) in [6.45, 7) is 7.88. The second-order valence-corrected chi connectivity index (χ2v) is 7.51. The van der Waals surface area contributed by atoms with Crippen molar-refractivity contribution in [2.75, 3.05) is 13.2 Å². The van der Waals surface area contributed by atoms with Crippen LogP contribution in [0.25, 0.3) is 0 Å². The van der Waals surface area contributed by atoms with E-state index in [-0.39, 0.29) is 17.6 Å². The SMILES string of the molecule is CC(C)(C)C(CCO)NCC1CCC2(CCCC2)O1. The zero-order chi connectivity index (χ0) is 13.9. The van der Waals surface area contributed by atoms with Crippen molar-refractivity contribution in [3.63, 3.8) is 0 Å². The lowest BCUT2D eigenvalue weighted by Gasteiger charge is -2.32. The van der Waals surface area contributed by atoms with Crippen molar-refractivity contribution in [1.29, 1.82) is 0 Å². The van der Waals surface area contributed by atoms with Crippen LogP contribution in [-0.4, -0.2) is 36.0 Å². The Kier molecular flexibility index (Phi) is 4.91. The van der Waals surface area contributed by atoms with Crippen LogP contribution < -0.4 is 5.32 Å². The molecule has 1 saturated heterocycles. The molecular weight excluding hydrogens is 238 g/mol. The van der Waals surface area contributed by atoms with Gasteiger partial charge in [-0.3, -0.25) is 0 Å². The lowest BCUT2D eigenvalue weighted by Crippen LogP contribution is -2.44. The van der Waals surface area contributed by atoms with Gasteiger partial charge in [0.2, 0.25) is 0 Å². The van der Waals surface area contributed by atoms with E-state index < -0.39 is 0 Å². The smallest absolute Gasteiger partial charge is 0.0708 e. The highest BCUT2D eigenvalue weighted by molar-refractivity contribution is 4.94. The highest BCUT2D eigenvalue weighted by atomic mass is 16.5. The molecule has 0 aromatic rings. The van der Waals surface area contributed by atoms with Gasteiger partial charge in [0, 0.05) is 19.2 Å². The Balaban J connectivity index is 1.78. The summed E-state index contributed by atoms with van der Waals surface area (Å²) in [6.07, 6.45) is 8.86. The van der Waals surface area contributed by atoms with Crippen molar-refractivity contribution in [2.45, 2.75) is 83.5 Å². The summed E-state index contributed by atoms with van der Waals surface area (Å²) in [4.78, 5) is 0. The second-order valence-electron chi connectivity index (χ2n) is 7.51. The molecule has 2 unspecified atom stereocenters. The summed E-state index contributed by atoms with van der Waals surface area (Å²) in [5, 5.41) is 12.8. The molecule has 0 radical (unpaired) electrons. The van der Waals surface area contributed by atoms with E-state index in [1.54, 1.807) is 0 Å². The van der Waals surface area contributed by atoms with Crippen molar-refractivity contribution in [3.8, 4) is 0 Å². The van der Waals surface area contributed by atoms with Gasteiger partial charge in [-0.1, -0.05) is 33.6 Å². The summed E-state index contributed by atoms with van der Waals surface area (Å²) in [6, 6.07) is 0.362. The highest BCUT2D eigenvalue weighted by Gasteiger charge is 2.42. The average molecular weight is 269 g/mol. The molecule has 112 valence electrons. The molecule has 1 saturated carbocycles. The van der Waals surface area contributed by atoms with E-state index in [4.69, 9.17) is 4.74 Å². The first-order chi connectivity index (χ1) is 8.95. The van der Waals surface area contributed by atoms with Gasteiger partial charge in [0.25, 0.3) is 0 Å². The van der Waals surface area contributed by atoms with Gasteiger partial charge >= 0.3 is 0 Å². The van der Waals surface area contributed by atoms with Crippen LogP contribution in [0.1, 0.15) is 65.7 Å². The minimum absolute atomic E-state index is 0.187. The largest absolute Gasteiger partial charge is 0.396 e. The van der Waals surface area contributed by atoms with Gasteiger partial charge in [-0.25, -0.2) is 0 Å². The summed E-state index contributed by atoms with van der Waals surface area (Å²) in [5.74, 6) is 0. The lowest BCUT2D eigenvalue weighted by atomic mass is 9.85. The number of hydrogen-bond acceptors (Lipinski definition) is 3. The first-order valence-electron chi connectivity index (χ1n) is 7.97. The Morgan fingerprint density at radius 3 is 2.53 bits per heavy atom. The van der Waals surface area contributed by atoms with Gasteiger partial charge in [0.15, 0.2) is 0 Å². The Morgan fingerprint density at radius 1 is 1.26 bits per heavy atom. The second kappa shape index (κ2) is 6.11. The highest BCUT2D eigenvalue weighted by Crippen LogP contribution is 2.43. The topological polar surface area (TPSA) is 41.5 Å². The lowest BCUT2D eigenvalue weighted by molar-refractivity contribution is -0.0372. The Bertz CT molecular complexity index is 279. The number of aliphatic hydroxyl groups excluding tert-OH is 1. The monoisotopic (exact) mass is 269 g/mol. The maximum absolute atomic E-state index is 9.19. The van der Waals surface area contributed by atoms with Gasteiger partial charge in [0.1, 0.15) is 0 Å². The molecule has 0 aromatic carbocycles. The summed E-state index contributed by atoms with van der Waals surface area (Å²) >= 11 is 0. The molecule has 2 fully saturated rings. The molecule has 0 bridgehead atoms. The normalized spacial score (nSPS) is 28.1. The van der Waals surface area contributed by atoms with Crippen LogP contribution in [0.3, 0.4) is 0 Å². The maximum atomic E-state index is 9.19. The van der Waals surface area contributed by atoms with E-state index in [0.29, 0.717) is 12.1 Å². The van der Waals surface area contributed by atoms with Crippen molar-refractivity contribution in [3.05, 3.63) is 0 Å². The number of nitrogens with one attached hydrogen (secondary N) is 1. The molecule has 0 aromatic heterocycles. The van der Waals surface area contributed by atoms with Crippen molar-refractivity contribution in [2.24, 2.45) is 5.41 Å². The summed E-state index contributed by atoms with van der Waals surface area (Å²) in [7, 11) is 0. The van der Waals surface area contributed by atoms with E-state index in [1.807, 2.05) is 0 Å². The number of aliphatic hydroxyl groups is 1. The number of rotatable bonds is 5. The van der Waals surface area contributed by atoms with Crippen LogP contribution in [0.5, 0.6) is 0 Å². The van der Waals surface area contributed by atoms with Gasteiger partial charge in [0.05, 0.1) is 11.7 Å². The molecule has 2 atom stereocenters. The summed E-state index contributed by atoms with van der Waals surface area (Å²) < 4.78 is 6.33. The Hall–Kier alpha value is -0.120. The zero-order valence-corrected chi connectivity index (χ0v) is 12.9. The fourth-order valence-corrected chi connectivity index (χ4v) is 3.67. The molecule has 2 N–H and O–H groups in total. The van der Waals surface area contributed by atoms with Crippen LogP contribution in [-0.2, 0) is 4.74 Å². The van der Waals surface area contributed by atoms with Crippen LogP contribution in [0, 0.1) is 5.41 Å². The molecule has 2 rings (SSSR count). The summed E-state index contributed by atoms with van der Waals surface area (Å²) in [5.41, 5.74) is 0.424. The quantitative estimate of drug-likeness (QED) is 0.806. The average Bonchev–Trinajstić information content (AvgIpc) is 2.94. The third kappa shape index (κ3) is 3.93. The van der Waals surface area contributed by atoms with Crippen LogP contribution in [0.2, 0.25) is 0 Å². The van der Waals surface area contributed by atoms with Gasteiger partial charge in [-0.05, 0) is 37.5 Å². The minimum Gasteiger partial charge on any atom is -0.396 e. The van der Waals surface area contributed by atoms with Gasteiger partial charge in [-0.15, -0.1) is 0 Å². The number of ether oxygens (including phenoxy) is 1. The first kappa shape index (κ1) is 15.3. The maximum Gasteiger partial charge on any atom is 0.0708 e. The van der Waals surface area contributed by atoms with Crippen molar-refractivity contribution < 1.29 is 9.84 Å². The van der Waals surface area contributed by atoms with Crippen molar-refractivity contribution >= 4 is 0 Å². The van der Waals surface area contributed by atoms with E-state index in [0.717, 1.165) is 13.0 Å². The van der Waals surface area contributed by atoms with Gasteiger partial charge in [-0.2, -0.15) is 0 Å². The fraction of sp³-hybridized carbons (Fsp3) is 1.00. The predicted molar refractivity (Wildman–Crippen MR) is 78.3 cm³/mol. The molecule has 19 heavy (non-hydrogen) atoms. The van der Waals surface area contributed by atoms with Crippen LogP contribution in [0.4, 0.5) is 0 Å². The molecular formula is C16H31NO2. The third-order valence-electron chi connectivity index (χ3n) is 4.91. The third-order valence-corrected chi connectivity index (χ3v) is 4.91. The first-order valence-corrected chi connectivity index (χ1v) is 7.97. The standard InChI is InChI=1S/C16H31NO2/c1-15(2,3)14(7-11-18)17-12-13-6-10-16(19-13)8-4-5-9-16/h13-14,17-18H,4-12H2,1-3H3. The molecule has 3 nitrogen and oxygen atoms in total. The molecule has 1 heterocycles. The molecule has 2 aliphatic rings. The Labute approximate surface area is 118 Å². The molecule has 3 heteroatoms. The predicted octanol–water partition coefficient (Wildman–Crippen LogP) is 2.86. The number of hydrogen-bond donors (Lipinski definition) is 2. The van der Waals surface area contributed by atoms with E-state index in [9.17, 15) is 5.11 Å². The van der Waals surface area contributed by atoms with Crippen LogP contribution >= 0.6 is 0 Å². The molecule has 1 aliphatic carbocycles. The minimum atomic E-state index is 0.187. The molecule has 1 aliphatic heterocycles. The van der Waals surface area contributed by atoms with Gasteiger partial charge < -0.3 is 15.2 Å². The molecule has 1 spiro atoms. The van der Waals surface area contributed by atoms with Crippen molar-refractivity contribution in [1.82, 2.24) is 5.32 Å². The van der Waals surface area contributed by atoms with Crippen LogP contribution in [0.15, 0.2) is 0 Å². The van der Waals surface area contributed by atoms with E-state index in [1.165, 1.54) is 38.5 Å². The van der Waals surface area contributed by atoms with E-state index in [2.05, 4.69) is 26.1 Å². The molecule has 0 amide bonds. The Morgan fingerprint density at radius 2 is 1.95 bits per heavy atom. The van der Waals surface area contributed by atoms with E-state index >= 15 is 0 Å². The fourth-order valence-electron chi connectivity index (χ4n) is 3.67.